The van der Waals surface area contributed by atoms with Crippen LogP contribution in [0.25, 0.3) is 0 Å². The normalized spacial score (nSPS) is 12.3. The van der Waals surface area contributed by atoms with Crippen molar-refractivity contribution in [1.29, 1.82) is 0 Å². The van der Waals surface area contributed by atoms with Gasteiger partial charge in [-0.2, -0.15) is 0 Å². The minimum atomic E-state index is -0.276. The number of carbonyl (C=O) groups excluding carboxylic acids is 1. The summed E-state index contributed by atoms with van der Waals surface area (Å²) < 4.78 is 10.4. The SMILES string of the molecule is O=C(Nc1cc(Cl)cc(Cl)c1)c1ccc2c(c1)OCO2. The fourth-order valence-corrected chi connectivity index (χ4v) is 2.39. The lowest BCUT2D eigenvalue weighted by molar-refractivity contribution is 0.102. The van der Waals surface area contributed by atoms with Crippen LogP contribution in [-0.2, 0) is 0 Å². The summed E-state index contributed by atoms with van der Waals surface area (Å²) in [5, 5.41) is 3.64. The van der Waals surface area contributed by atoms with E-state index in [1.165, 1.54) is 0 Å². The third-order valence-corrected chi connectivity index (χ3v) is 3.19. The van der Waals surface area contributed by atoms with Crippen molar-refractivity contribution < 1.29 is 14.3 Å². The van der Waals surface area contributed by atoms with E-state index in [4.69, 9.17) is 32.7 Å². The van der Waals surface area contributed by atoms with Gasteiger partial charge in [-0.15, -0.1) is 0 Å². The summed E-state index contributed by atoms with van der Waals surface area (Å²) in [5.41, 5.74) is 0.996. The number of ether oxygens (including phenoxy) is 2. The lowest BCUT2D eigenvalue weighted by Crippen LogP contribution is -2.11. The van der Waals surface area contributed by atoms with Gasteiger partial charge in [0.1, 0.15) is 0 Å². The van der Waals surface area contributed by atoms with Crippen molar-refractivity contribution in [2.75, 3.05) is 12.1 Å². The molecule has 0 aromatic heterocycles. The van der Waals surface area contributed by atoms with Crippen molar-refractivity contribution in [3.63, 3.8) is 0 Å². The quantitative estimate of drug-likeness (QED) is 0.913. The number of anilines is 1. The third-order valence-electron chi connectivity index (χ3n) is 2.76. The Balaban J connectivity index is 1.82. The van der Waals surface area contributed by atoms with E-state index in [1.807, 2.05) is 0 Å². The first kappa shape index (κ1) is 13.1. The van der Waals surface area contributed by atoms with Gasteiger partial charge in [0, 0.05) is 21.3 Å². The summed E-state index contributed by atoms with van der Waals surface area (Å²) >= 11 is 11.8. The maximum absolute atomic E-state index is 12.1. The second-order valence-electron chi connectivity index (χ2n) is 4.18. The molecule has 0 saturated heterocycles. The molecule has 0 aliphatic carbocycles. The van der Waals surface area contributed by atoms with Gasteiger partial charge >= 0.3 is 0 Å². The van der Waals surface area contributed by atoms with Crippen molar-refractivity contribution in [3.8, 4) is 11.5 Å². The highest BCUT2D eigenvalue weighted by atomic mass is 35.5. The van der Waals surface area contributed by atoms with E-state index in [-0.39, 0.29) is 12.7 Å². The largest absolute Gasteiger partial charge is 0.454 e. The standard InChI is InChI=1S/C14H9Cl2NO3/c15-9-4-10(16)6-11(5-9)17-14(18)8-1-2-12-13(3-8)20-7-19-12/h1-6H,7H2,(H,17,18). The number of carbonyl (C=O) groups is 1. The minimum absolute atomic E-state index is 0.171. The van der Waals surface area contributed by atoms with Crippen LogP contribution in [0, 0.1) is 0 Å². The van der Waals surface area contributed by atoms with E-state index < -0.39 is 0 Å². The van der Waals surface area contributed by atoms with Crippen molar-refractivity contribution in [2.45, 2.75) is 0 Å². The van der Waals surface area contributed by atoms with Gasteiger partial charge in [-0.3, -0.25) is 4.79 Å². The number of amides is 1. The van der Waals surface area contributed by atoms with Crippen molar-refractivity contribution in [2.24, 2.45) is 0 Å². The van der Waals surface area contributed by atoms with Crippen LogP contribution in [0.2, 0.25) is 10.0 Å². The number of nitrogens with one attached hydrogen (secondary N) is 1. The molecule has 0 fully saturated rings. The summed E-state index contributed by atoms with van der Waals surface area (Å²) in [4.78, 5) is 12.1. The molecule has 2 aromatic carbocycles. The number of hydrogen-bond donors (Lipinski definition) is 1. The van der Waals surface area contributed by atoms with Crippen LogP contribution in [0.15, 0.2) is 36.4 Å². The highest BCUT2D eigenvalue weighted by molar-refractivity contribution is 6.35. The van der Waals surface area contributed by atoms with Crippen molar-refractivity contribution >= 4 is 34.8 Å². The molecule has 1 aliphatic rings. The Hall–Kier alpha value is -1.91. The molecule has 0 spiro atoms. The Morgan fingerprint density at radius 1 is 1.00 bits per heavy atom. The zero-order valence-corrected chi connectivity index (χ0v) is 11.7. The molecule has 0 saturated carbocycles. The smallest absolute Gasteiger partial charge is 0.255 e. The van der Waals surface area contributed by atoms with E-state index in [9.17, 15) is 4.79 Å². The maximum Gasteiger partial charge on any atom is 0.255 e. The summed E-state index contributed by atoms with van der Waals surface area (Å²) in [6, 6.07) is 9.83. The second-order valence-corrected chi connectivity index (χ2v) is 5.05. The molecular weight excluding hydrogens is 301 g/mol. The van der Waals surface area contributed by atoms with Gasteiger partial charge in [0.25, 0.3) is 5.91 Å². The molecular formula is C14H9Cl2NO3. The average Bonchev–Trinajstić information content (AvgIpc) is 2.84. The fourth-order valence-electron chi connectivity index (χ4n) is 1.87. The third kappa shape index (κ3) is 2.66. The maximum atomic E-state index is 12.1. The Morgan fingerprint density at radius 3 is 2.45 bits per heavy atom. The Labute approximate surface area is 125 Å². The zero-order valence-electron chi connectivity index (χ0n) is 10.2. The molecule has 1 heterocycles. The predicted molar refractivity (Wildman–Crippen MR) is 77.0 cm³/mol. The molecule has 0 unspecified atom stereocenters. The van der Waals surface area contributed by atoms with Crippen LogP contribution in [0.1, 0.15) is 10.4 Å². The number of rotatable bonds is 2. The average molecular weight is 310 g/mol. The van der Waals surface area contributed by atoms with Crippen molar-refractivity contribution in [3.05, 3.63) is 52.0 Å². The molecule has 1 aliphatic heterocycles. The molecule has 0 bridgehead atoms. The molecule has 1 N–H and O–H groups in total. The number of fused-ring (bicyclic) bond motifs is 1. The van der Waals surface area contributed by atoms with Gasteiger partial charge < -0.3 is 14.8 Å². The Morgan fingerprint density at radius 2 is 1.70 bits per heavy atom. The van der Waals surface area contributed by atoms with E-state index in [0.29, 0.717) is 32.8 Å². The van der Waals surface area contributed by atoms with E-state index >= 15 is 0 Å². The molecule has 20 heavy (non-hydrogen) atoms. The molecule has 3 rings (SSSR count). The van der Waals surface area contributed by atoms with Crippen LogP contribution in [0.4, 0.5) is 5.69 Å². The van der Waals surface area contributed by atoms with Gasteiger partial charge in [-0.05, 0) is 36.4 Å². The van der Waals surface area contributed by atoms with Crippen LogP contribution >= 0.6 is 23.2 Å². The Bertz CT molecular complexity index is 668. The summed E-state index contributed by atoms with van der Waals surface area (Å²) in [7, 11) is 0. The number of benzene rings is 2. The zero-order chi connectivity index (χ0) is 14.1. The number of halogens is 2. The molecule has 1 amide bonds. The highest BCUT2D eigenvalue weighted by Crippen LogP contribution is 2.32. The van der Waals surface area contributed by atoms with Gasteiger partial charge in [0.05, 0.1) is 0 Å². The predicted octanol–water partition coefficient (Wildman–Crippen LogP) is 3.97. The molecule has 6 heteroatoms. The van der Waals surface area contributed by atoms with Gasteiger partial charge in [-0.25, -0.2) is 0 Å². The van der Waals surface area contributed by atoms with Gasteiger partial charge in [-0.1, -0.05) is 23.2 Å². The summed E-state index contributed by atoms with van der Waals surface area (Å²) in [6.07, 6.45) is 0. The first-order valence-electron chi connectivity index (χ1n) is 5.79. The van der Waals surface area contributed by atoms with Gasteiger partial charge in [0.2, 0.25) is 6.79 Å². The van der Waals surface area contributed by atoms with Crippen molar-refractivity contribution in [1.82, 2.24) is 0 Å². The van der Waals surface area contributed by atoms with Crippen LogP contribution < -0.4 is 14.8 Å². The minimum Gasteiger partial charge on any atom is -0.454 e. The Kier molecular flexibility index (Phi) is 3.42. The summed E-state index contributed by atoms with van der Waals surface area (Å²) in [5.74, 6) is 0.913. The lowest BCUT2D eigenvalue weighted by atomic mass is 10.2. The fraction of sp³-hybridized carbons (Fsp3) is 0.0714. The second kappa shape index (κ2) is 5.23. The molecule has 4 nitrogen and oxygen atoms in total. The first-order chi connectivity index (χ1) is 9.61. The van der Waals surface area contributed by atoms with E-state index in [0.717, 1.165) is 0 Å². The first-order valence-corrected chi connectivity index (χ1v) is 6.54. The van der Waals surface area contributed by atoms with Crippen LogP contribution in [0.3, 0.4) is 0 Å². The van der Waals surface area contributed by atoms with Crippen LogP contribution in [-0.4, -0.2) is 12.7 Å². The molecule has 2 aromatic rings. The molecule has 0 atom stereocenters. The number of hydrogen-bond acceptors (Lipinski definition) is 3. The van der Waals surface area contributed by atoms with Gasteiger partial charge in [0.15, 0.2) is 11.5 Å². The van der Waals surface area contributed by atoms with E-state index in [1.54, 1.807) is 36.4 Å². The monoisotopic (exact) mass is 309 g/mol. The lowest BCUT2D eigenvalue weighted by Gasteiger charge is -2.07. The topological polar surface area (TPSA) is 47.6 Å². The molecule has 0 radical (unpaired) electrons. The van der Waals surface area contributed by atoms with Crippen LogP contribution in [0.5, 0.6) is 11.5 Å². The highest BCUT2D eigenvalue weighted by Gasteiger charge is 2.16. The van der Waals surface area contributed by atoms with E-state index in [2.05, 4.69) is 5.32 Å². The summed E-state index contributed by atoms with van der Waals surface area (Å²) in [6.45, 7) is 0.171. The molecule has 102 valence electrons.